The van der Waals surface area contributed by atoms with Gasteiger partial charge in [0.05, 0.1) is 6.10 Å². The van der Waals surface area contributed by atoms with Crippen LogP contribution < -0.4 is 24.6 Å². The highest BCUT2D eigenvalue weighted by Gasteiger charge is 2.56. The normalized spacial score (nSPS) is 22.1. The number of ether oxygens (including phenoxy) is 3. The molecular weight excluding hydrogens is 508 g/mol. The lowest BCUT2D eigenvalue weighted by Crippen LogP contribution is -2.68. The smallest absolute Gasteiger partial charge is 0.341 e. The summed E-state index contributed by atoms with van der Waals surface area (Å²) in [6.45, 7) is 10.4. The van der Waals surface area contributed by atoms with Crippen LogP contribution in [0.1, 0.15) is 33.6 Å². The molecule has 1 saturated carbocycles. The number of aliphatic carboxylic acids is 1. The summed E-state index contributed by atoms with van der Waals surface area (Å²) < 4.78 is 26.1. The fourth-order valence-corrected chi connectivity index (χ4v) is 10.8. The first-order chi connectivity index (χ1) is 18.7. The molecule has 5 rings (SSSR count). The first-order valence-corrected chi connectivity index (χ1v) is 15.4. The second-order valence-electron chi connectivity index (χ2n) is 11.2. The summed E-state index contributed by atoms with van der Waals surface area (Å²) in [6.07, 6.45) is 2.66. The van der Waals surface area contributed by atoms with Crippen LogP contribution in [0.25, 0.3) is 0 Å². The van der Waals surface area contributed by atoms with Gasteiger partial charge in [0.2, 0.25) is 5.75 Å². The molecule has 6 nitrogen and oxygen atoms in total. The van der Waals surface area contributed by atoms with E-state index in [1.165, 1.54) is 10.4 Å². The molecule has 3 aromatic carbocycles. The molecule has 1 aliphatic carbocycles. The van der Waals surface area contributed by atoms with E-state index in [0.717, 1.165) is 6.42 Å². The summed E-state index contributed by atoms with van der Waals surface area (Å²) in [5.41, 5.74) is 0. The first-order valence-electron chi connectivity index (χ1n) is 13.5. The number of allylic oxidation sites excluding steroid dienone is 1. The molecule has 7 heteroatoms. The summed E-state index contributed by atoms with van der Waals surface area (Å²) in [4.78, 5) is 11.1. The van der Waals surface area contributed by atoms with E-state index in [4.69, 9.17) is 23.7 Å². The van der Waals surface area contributed by atoms with Crippen LogP contribution in [0.2, 0.25) is 5.04 Å². The first kappa shape index (κ1) is 27.0. The zero-order valence-corrected chi connectivity index (χ0v) is 23.7. The van der Waals surface area contributed by atoms with Gasteiger partial charge in [-0.15, -0.1) is 6.58 Å². The Kier molecular flexibility index (Phi) is 7.56. The molecule has 204 valence electrons. The third-order valence-electron chi connectivity index (χ3n) is 7.74. The van der Waals surface area contributed by atoms with Crippen molar-refractivity contribution in [3.05, 3.63) is 91.5 Å². The van der Waals surface area contributed by atoms with Gasteiger partial charge in [-0.2, -0.15) is 0 Å². The van der Waals surface area contributed by atoms with Crippen LogP contribution in [0, 0.1) is 5.92 Å². The predicted molar refractivity (Wildman–Crippen MR) is 154 cm³/mol. The lowest BCUT2D eigenvalue weighted by molar-refractivity contribution is -0.139. The van der Waals surface area contributed by atoms with E-state index in [0.29, 0.717) is 23.7 Å². The Labute approximate surface area is 231 Å². The van der Waals surface area contributed by atoms with Gasteiger partial charge in [-0.05, 0) is 34.0 Å². The Morgan fingerprint density at radius 1 is 1.00 bits per heavy atom. The molecule has 2 aliphatic rings. The van der Waals surface area contributed by atoms with Crippen molar-refractivity contribution in [2.45, 2.75) is 57.0 Å². The molecule has 1 aliphatic heterocycles. The highest BCUT2D eigenvalue weighted by Crippen LogP contribution is 2.49. The number of fused-ring (bicyclic) bond motifs is 2. The highest BCUT2D eigenvalue weighted by molar-refractivity contribution is 6.99. The number of carboxylic acids is 1. The van der Waals surface area contributed by atoms with Gasteiger partial charge in [0.15, 0.2) is 18.1 Å². The van der Waals surface area contributed by atoms with Crippen LogP contribution >= 0.6 is 0 Å². The van der Waals surface area contributed by atoms with Crippen molar-refractivity contribution < 1.29 is 28.5 Å². The standard InChI is InChI=1S/C32H36O6Si/c1-5-13-24-27(20-28-30(24)36-26-19-12-18-25(31(26)37-28)35-21-29(33)34)38-39(32(2,3)4,22-14-8-6-9-15-22)23-16-10-7-11-17-23/h5-12,14-19,24,27-28,30H,1,13,20-21H2,2-4H3,(H,33,34)/t24-,27+,28-,30+/m0/s1. The molecule has 0 saturated heterocycles. The maximum Gasteiger partial charge on any atom is 0.341 e. The van der Waals surface area contributed by atoms with E-state index in [9.17, 15) is 4.79 Å². The summed E-state index contributed by atoms with van der Waals surface area (Å²) in [7, 11) is -2.80. The lowest BCUT2D eigenvalue weighted by atomic mass is 9.99. The van der Waals surface area contributed by atoms with Crippen LogP contribution in [0.4, 0.5) is 0 Å². The van der Waals surface area contributed by atoms with Crippen LogP contribution in [0.5, 0.6) is 17.2 Å². The molecule has 3 aromatic rings. The summed E-state index contributed by atoms with van der Waals surface area (Å²) in [5.74, 6) is 0.353. The summed E-state index contributed by atoms with van der Waals surface area (Å²) in [5, 5.41) is 11.4. The zero-order chi connectivity index (χ0) is 27.6. The van der Waals surface area contributed by atoms with Crippen molar-refractivity contribution in [1.29, 1.82) is 0 Å². The average molecular weight is 545 g/mol. The number of rotatable bonds is 9. The van der Waals surface area contributed by atoms with Gasteiger partial charge in [-0.25, -0.2) is 4.79 Å². The number of carbonyl (C=O) groups is 1. The van der Waals surface area contributed by atoms with Crippen LogP contribution in [0.3, 0.4) is 0 Å². The molecule has 0 amide bonds. The third-order valence-corrected chi connectivity index (χ3v) is 12.8. The average Bonchev–Trinajstić information content (AvgIpc) is 3.25. The second kappa shape index (κ2) is 10.9. The van der Waals surface area contributed by atoms with Crippen LogP contribution in [-0.2, 0) is 9.22 Å². The molecule has 0 aromatic heterocycles. The minimum atomic E-state index is -2.80. The maximum atomic E-state index is 11.1. The topological polar surface area (TPSA) is 74.2 Å². The number of carboxylic acid groups (broad SMARTS) is 1. The molecule has 0 bridgehead atoms. The molecule has 0 unspecified atom stereocenters. The molecule has 4 atom stereocenters. The Morgan fingerprint density at radius 3 is 2.21 bits per heavy atom. The zero-order valence-electron chi connectivity index (χ0n) is 22.7. The number of hydrogen-bond donors (Lipinski definition) is 1. The largest absolute Gasteiger partial charge is 0.482 e. The van der Waals surface area contributed by atoms with Crippen molar-refractivity contribution >= 4 is 24.7 Å². The van der Waals surface area contributed by atoms with Crippen LogP contribution in [0.15, 0.2) is 91.5 Å². The van der Waals surface area contributed by atoms with Crippen molar-refractivity contribution in [3.8, 4) is 17.2 Å². The molecule has 39 heavy (non-hydrogen) atoms. The van der Waals surface area contributed by atoms with Gasteiger partial charge in [0, 0.05) is 12.3 Å². The SMILES string of the molecule is C=CC[C@@H]1[C@H]2Oc3cccc(OCC(=O)O)c3O[C@H]2C[C@H]1O[Si](c1ccccc1)(c1ccccc1)C(C)(C)C. The van der Waals surface area contributed by atoms with E-state index < -0.39 is 20.9 Å². The number of benzene rings is 3. The fourth-order valence-electron chi connectivity index (χ4n) is 6.09. The Balaban J connectivity index is 1.53. The van der Waals surface area contributed by atoms with E-state index >= 15 is 0 Å². The number of hydrogen-bond acceptors (Lipinski definition) is 5. The Bertz CT molecular complexity index is 1260. The molecule has 1 N–H and O–H groups in total. The minimum Gasteiger partial charge on any atom is -0.482 e. The van der Waals surface area contributed by atoms with Gasteiger partial charge < -0.3 is 23.7 Å². The second-order valence-corrected chi connectivity index (χ2v) is 15.5. The van der Waals surface area contributed by atoms with Gasteiger partial charge in [0.25, 0.3) is 8.32 Å². The van der Waals surface area contributed by atoms with Gasteiger partial charge >= 0.3 is 5.97 Å². The minimum absolute atomic E-state index is 0.0332. The van der Waals surface area contributed by atoms with Crippen molar-refractivity contribution in [2.75, 3.05) is 6.61 Å². The molecule has 1 heterocycles. The van der Waals surface area contributed by atoms with E-state index in [1.807, 2.05) is 24.3 Å². The van der Waals surface area contributed by atoms with Gasteiger partial charge in [-0.3, -0.25) is 0 Å². The monoisotopic (exact) mass is 544 g/mol. The van der Waals surface area contributed by atoms with Crippen molar-refractivity contribution in [3.63, 3.8) is 0 Å². The molecule has 0 radical (unpaired) electrons. The summed E-state index contributed by atoms with van der Waals surface area (Å²) >= 11 is 0. The molecular formula is C32H36O6Si. The highest BCUT2D eigenvalue weighted by atomic mass is 28.4. The quantitative estimate of drug-likeness (QED) is 0.295. The van der Waals surface area contributed by atoms with E-state index in [-0.39, 0.29) is 29.3 Å². The summed E-state index contributed by atoms with van der Waals surface area (Å²) in [6, 6.07) is 26.6. The van der Waals surface area contributed by atoms with E-state index in [2.05, 4.69) is 75.9 Å². The third kappa shape index (κ3) is 5.09. The fraction of sp³-hybridized carbons (Fsp3) is 0.344. The predicted octanol–water partition coefficient (Wildman–Crippen LogP) is 5.20. The Morgan fingerprint density at radius 2 is 1.64 bits per heavy atom. The van der Waals surface area contributed by atoms with Crippen molar-refractivity contribution in [1.82, 2.24) is 0 Å². The molecule has 0 spiro atoms. The lowest BCUT2D eigenvalue weighted by Gasteiger charge is -2.45. The van der Waals surface area contributed by atoms with Gasteiger partial charge in [0.1, 0.15) is 12.2 Å². The Hall–Kier alpha value is -3.55. The van der Waals surface area contributed by atoms with Gasteiger partial charge in [-0.1, -0.05) is 93.6 Å². The van der Waals surface area contributed by atoms with Crippen molar-refractivity contribution in [2.24, 2.45) is 5.92 Å². The number of para-hydroxylation sites is 1. The van der Waals surface area contributed by atoms with Crippen LogP contribution in [-0.4, -0.2) is 44.3 Å². The molecule has 1 fully saturated rings. The van der Waals surface area contributed by atoms with E-state index in [1.54, 1.807) is 12.1 Å². The maximum absolute atomic E-state index is 11.1.